The van der Waals surface area contributed by atoms with Gasteiger partial charge in [0.25, 0.3) is 0 Å². The molecule has 1 aromatic rings. The zero-order valence-electron chi connectivity index (χ0n) is 9.28. The Morgan fingerprint density at radius 1 is 1.41 bits per heavy atom. The van der Waals surface area contributed by atoms with Gasteiger partial charge >= 0.3 is 0 Å². The van der Waals surface area contributed by atoms with Crippen molar-refractivity contribution in [3.63, 3.8) is 0 Å². The molecule has 0 aliphatic heterocycles. The lowest BCUT2D eigenvalue weighted by molar-refractivity contribution is -0.110. The summed E-state index contributed by atoms with van der Waals surface area (Å²) in [6, 6.07) is 3.54. The van der Waals surface area contributed by atoms with Crippen LogP contribution in [-0.2, 0) is 16.0 Å². The van der Waals surface area contributed by atoms with Crippen molar-refractivity contribution in [3.8, 4) is 0 Å². The Hall–Kier alpha value is -1.23. The van der Waals surface area contributed by atoms with Gasteiger partial charge in [-0.1, -0.05) is 17.8 Å². The highest BCUT2D eigenvalue weighted by molar-refractivity contribution is 8.13. The van der Waals surface area contributed by atoms with Crippen LogP contribution in [0.2, 0.25) is 0 Å². The van der Waals surface area contributed by atoms with Crippen LogP contribution in [0, 0.1) is 17.6 Å². The third-order valence-electron chi connectivity index (χ3n) is 2.18. The number of aldehydes is 1. The molecule has 1 rings (SSSR count). The predicted molar refractivity (Wildman–Crippen MR) is 62.8 cm³/mol. The van der Waals surface area contributed by atoms with Crippen molar-refractivity contribution in [2.24, 2.45) is 5.92 Å². The van der Waals surface area contributed by atoms with E-state index in [1.165, 1.54) is 13.0 Å². The number of carbonyl (C=O) groups excluding carboxylic acids is 2. The summed E-state index contributed by atoms with van der Waals surface area (Å²) in [5.41, 5.74) is 0.546. The van der Waals surface area contributed by atoms with Crippen molar-refractivity contribution < 1.29 is 18.4 Å². The molecule has 1 atom stereocenters. The smallest absolute Gasteiger partial charge is 0.185 e. The number of carbonyl (C=O) groups is 2. The van der Waals surface area contributed by atoms with Gasteiger partial charge < -0.3 is 4.79 Å². The molecule has 0 radical (unpaired) electrons. The Morgan fingerprint density at radius 2 is 2.12 bits per heavy atom. The first-order chi connectivity index (χ1) is 8.02. The summed E-state index contributed by atoms with van der Waals surface area (Å²) in [6.07, 6.45) is 1.04. The van der Waals surface area contributed by atoms with E-state index in [0.717, 1.165) is 30.2 Å². The van der Waals surface area contributed by atoms with Gasteiger partial charge in [0.05, 0.1) is 0 Å². The van der Waals surface area contributed by atoms with Gasteiger partial charge in [-0.05, 0) is 24.1 Å². The molecule has 0 heterocycles. The maximum absolute atomic E-state index is 12.9. The average Bonchev–Trinajstić information content (AvgIpc) is 2.28. The first-order valence-corrected chi connectivity index (χ1v) is 6.04. The molecule has 1 aromatic carbocycles. The monoisotopic (exact) mass is 258 g/mol. The Balaban J connectivity index is 2.63. The zero-order valence-corrected chi connectivity index (χ0v) is 10.1. The number of hydrogen-bond acceptors (Lipinski definition) is 3. The second kappa shape index (κ2) is 6.49. The van der Waals surface area contributed by atoms with Crippen LogP contribution in [0.1, 0.15) is 12.5 Å². The highest BCUT2D eigenvalue weighted by Crippen LogP contribution is 2.16. The summed E-state index contributed by atoms with van der Waals surface area (Å²) < 4.78 is 25.6. The van der Waals surface area contributed by atoms with E-state index in [2.05, 4.69) is 0 Å². The second-order valence-corrected chi connectivity index (χ2v) is 4.85. The maximum atomic E-state index is 12.9. The molecule has 0 fully saturated rings. The minimum Gasteiger partial charge on any atom is -0.303 e. The van der Waals surface area contributed by atoms with Crippen LogP contribution in [0.25, 0.3) is 0 Å². The highest BCUT2D eigenvalue weighted by atomic mass is 32.2. The summed E-state index contributed by atoms with van der Waals surface area (Å²) in [5.74, 6) is -1.84. The Morgan fingerprint density at radius 3 is 2.65 bits per heavy atom. The van der Waals surface area contributed by atoms with Gasteiger partial charge in [-0.2, -0.15) is 0 Å². The van der Waals surface area contributed by atoms with E-state index in [1.54, 1.807) is 0 Å². The molecule has 1 unspecified atom stereocenters. The fraction of sp³-hybridized carbons (Fsp3) is 0.333. The molecular weight excluding hydrogens is 246 g/mol. The van der Waals surface area contributed by atoms with Gasteiger partial charge in [0.15, 0.2) is 16.7 Å². The molecule has 92 valence electrons. The quantitative estimate of drug-likeness (QED) is 0.761. The number of hydrogen-bond donors (Lipinski definition) is 0. The Bertz CT molecular complexity index is 421. The summed E-state index contributed by atoms with van der Waals surface area (Å²) in [5, 5.41) is -0.0675. The third kappa shape index (κ3) is 4.65. The Kier molecular flexibility index (Phi) is 5.28. The van der Waals surface area contributed by atoms with E-state index in [1.807, 2.05) is 0 Å². The molecule has 0 aromatic heterocycles. The normalized spacial score (nSPS) is 12.2. The van der Waals surface area contributed by atoms with E-state index >= 15 is 0 Å². The molecular formula is C12H12F2O2S. The summed E-state index contributed by atoms with van der Waals surface area (Å²) in [7, 11) is 0. The molecule has 0 aliphatic rings. The van der Waals surface area contributed by atoms with E-state index in [-0.39, 0.29) is 11.0 Å². The summed E-state index contributed by atoms with van der Waals surface area (Å²) >= 11 is 1.05. The largest absolute Gasteiger partial charge is 0.303 e. The zero-order chi connectivity index (χ0) is 12.8. The van der Waals surface area contributed by atoms with Crippen LogP contribution in [0.4, 0.5) is 8.78 Å². The minimum atomic E-state index is -0.925. The number of halogens is 2. The Labute approximate surface area is 102 Å². The van der Waals surface area contributed by atoms with Crippen LogP contribution in [0.15, 0.2) is 18.2 Å². The average molecular weight is 258 g/mol. The van der Waals surface area contributed by atoms with Gasteiger partial charge in [0.2, 0.25) is 0 Å². The molecule has 0 saturated heterocycles. The van der Waals surface area contributed by atoms with Crippen molar-refractivity contribution in [3.05, 3.63) is 35.4 Å². The molecule has 17 heavy (non-hydrogen) atoms. The number of thioether (sulfide) groups is 1. The molecule has 0 aliphatic carbocycles. The van der Waals surface area contributed by atoms with Crippen LogP contribution < -0.4 is 0 Å². The predicted octanol–water partition coefficient (Wildman–Crippen LogP) is 2.60. The third-order valence-corrected chi connectivity index (χ3v) is 3.18. The molecule has 0 spiro atoms. The molecule has 2 nitrogen and oxygen atoms in total. The number of benzene rings is 1. The van der Waals surface area contributed by atoms with Gasteiger partial charge in [0, 0.05) is 18.6 Å². The summed E-state index contributed by atoms with van der Waals surface area (Å²) in [4.78, 5) is 21.5. The van der Waals surface area contributed by atoms with Crippen LogP contribution in [0.5, 0.6) is 0 Å². The number of rotatable bonds is 5. The molecule has 0 amide bonds. The SMILES string of the molecule is CC(=O)SCC(C=O)Cc1ccc(F)c(F)c1. The van der Waals surface area contributed by atoms with Crippen molar-refractivity contribution >= 4 is 23.2 Å². The van der Waals surface area contributed by atoms with Crippen molar-refractivity contribution in [1.29, 1.82) is 0 Å². The van der Waals surface area contributed by atoms with Crippen molar-refractivity contribution in [2.45, 2.75) is 13.3 Å². The van der Waals surface area contributed by atoms with Gasteiger partial charge in [-0.15, -0.1) is 0 Å². The lowest BCUT2D eigenvalue weighted by atomic mass is 10.0. The molecule has 5 heteroatoms. The van der Waals surface area contributed by atoms with Gasteiger partial charge in [-0.3, -0.25) is 4.79 Å². The van der Waals surface area contributed by atoms with E-state index in [9.17, 15) is 18.4 Å². The van der Waals surface area contributed by atoms with E-state index < -0.39 is 11.6 Å². The standard InChI is InChI=1S/C12H12F2O2S/c1-8(16)17-7-10(6-15)4-9-2-3-11(13)12(14)5-9/h2-3,5-6,10H,4,7H2,1H3. The van der Waals surface area contributed by atoms with E-state index in [0.29, 0.717) is 17.7 Å². The summed E-state index contributed by atoms with van der Waals surface area (Å²) in [6.45, 7) is 1.42. The van der Waals surface area contributed by atoms with Crippen LogP contribution in [0.3, 0.4) is 0 Å². The first kappa shape index (κ1) is 13.8. The lowest BCUT2D eigenvalue weighted by Gasteiger charge is -2.08. The van der Waals surface area contributed by atoms with E-state index in [4.69, 9.17) is 0 Å². The van der Waals surface area contributed by atoms with Crippen molar-refractivity contribution in [2.75, 3.05) is 5.75 Å². The molecule has 0 saturated carbocycles. The topological polar surface area (TPSA) is 34.1 Å². The minimum absolute atomic E-state index is 0.0675. The van der Waals surface area contributed by atoms with Gasteiger partial charge in [-0.25, -0.2) is 8.78 Å². The maximum Gasteiger partial charge on any atom is 0.185 e. The fourth-order valence-corrected chi connectivity index (χ4v) is 1.99. The van der Waals surface area contributed by atoms with Gasteiger partial charge in [0.1, 0.15) is 6.29 Å². The molecule has 0 bridgehead atoms. The van der Waals surface area contributed by atoms with Crippen LogP contribution in [-0.4, -0.2) is 17.2 Å². The fourth-order valence-electron chi connectivity index (χ4n) is 1.34. The lowest BCUT2D eigenvalue weighted by Crippen LogP contribution is -2.10. The first-order valence-electron chi connectivity index (χ1n) is 5.05. The highest BCUT2D eigenvalue weighted by Gasteiger charge is 2.11. The van der Waals surface area contributed by atoms with Crippen molar-refractivity contribution in [1.82, 2.24) is 0 Å². The second-order valence-electron chi connectivity index (χ2n) is 3.65. The molecule has 0 N–H and O–H groups in total. The van der Waals surface area contributed by atoms with Crippen LogP contribution >= 0.6 is 11.8 Å².